The fourth-order valence-corrected chi connectivity index (χ4v) is 5.02. The molecule has 5 rings (SSSR count). The number of hydrogen-bond acceptors (Lipinski definition) is 5. The first-order chi connectivity index (χ1) is 17.6. The molecule has 4 aromatic rings. The maximum atomic E-state index is 13.4. The molecule has 1 aliphatic rings. The number of nitrogens with zero attached hydrogens (tertiary/aromatic N) is 4. The number of rotatable bonds is 7. The molecule has 1 N–H and O–H groups in total. The normalized spacial score (nSPS) is 14.2. The summed E-state index contributed by atoms with van der Waals surface area (Å²) in [5.41, 5.74) is 3.29. The molecule has 1 saturated heterocycles. The van der Waals surface area contributed by atoms with Crippen LogP contribution in [0.15, 0.2) is 84.9 Å². The van der Waals surface area contributed by atoms with Gasteiger partial charge in [-0.15, -0.1) is 0 Å². The monoisotopic (exact) mass is 479 g/mol. The number of likely N-dealkylation sites (tertiary alicyclic amines) is 1. The number of piperidine rings is 1. The summed E-state index contributed by atoms with van der Waals surface area (Å²) in [5.74, 6) is 1.83. The number of hydrogen-bond donors (Lipinski definition) is 1. The highest BCUT2D eigenvalue weighted by Crippen LogP contribution is 2.30. The number of fused-ring (bicyclic) bond motifs is 1. The van der Waals surface area contributed by atoms with E-state index >= 15 is 0 Å². The number of para-hydroxylation sites is 1. The Morgan fingerprint density at radius 1 is 0.889 bits per heavy atom. The average molecular weight is 480 g/mol. The molecule has 6 nitrogen and oxygen atoms in total. The van der Waals surface area contributed by atoms with E-state index in [1.807, 2.05) is 78.5 Å². The second-order valence-corrected chi connectivity index (χ2v) is 9.66. The fraction of sp³-hybridized carbons (Fsp3) is 0.300. The highest BCUT2D eigenvalue weighted by atomic mass is 16.2. The van der Waals surface area contributed by atoms with Gasteiger partial charge in [0.15, 0.2) is 0 Å². The Morgan fingerprint density at radius 3 is 2.08 bits per heavy atom. The smallest absolute Gasteiger partial charge is 0.225 e. The standard InChI is InChI=1S/C30H33N5O/c1-34(2)29-25-15-9-10-16-27(25)32-30(33-29)31-24-17-19-35(20-18-24)28(36)21-26(22-11-5-3-6-12-22)23-13-7-4-8-14-23/h3-16,24,26H,17-21H2,1-2H3,(H,31,32,33). The number of benzene rings is 3. The lowest BCUT2D eigenvalue weighted by Crippen LogP contribution is -2.43. The fourth-order valence-electron chi connectivity index (χ4n) is 5.02. The van der Waals surface area contributed by atoms with Gasteiger partial charge in [-0.2, -0.15) is 4.98 Å². The van der Waals surface area contributed by atoms with Crippen LogP contribution in [0.3, 0.4) is 0 Å². The summed E-state index contributed by atoms with van der Waals surface area (Å²) >= 11 is 0. The predicted molar refractivity (Wildman–Crippen MR) is 146 cm³/mol. The highest BCUT2D eigenvalue weighted by Gasteiger charge is 2.26. The van der Waals surface area contributed by atoms with Crippen LogP contribution in [0.5, 0.6) is 0 Å². The van der Waals surface area contributed by atoms with Gasteiger partial charge in [-0.25, -0.2) is 4.98 Å². The van der Waals surface area contributed by atoms with Gasteiger partial charge < -0.3 is 15.1 Å². The Bertz CT molecular complexity index is 1260. The molecule has 0 saturated carbocycles. The molecule has 36 heavy (non-hydrogen) atoms. The lowest BCUT2D eigenvalue weighted by molar-refractivity contribution is -0.132. The van der Waals surface area contributed by atoms with Crippen molar-refractivity contribution in [3.05, 3.63) is 96.1 Å². The zero-order chi connectivity index (χ0) is 24.9. The van der Waals surface area contributed by atoms with Crippen LogP contribution in [-0.4, -0.2) is 54.0 Å². The summed E-state index contributed by atoms with van der Waals surface area (Å²) in [5, 5.41) is 4.57. The molecule has 3 aromatic carbocycles. The summed E-state index contributed by atoms with van der Waals surface area (Å²) in [4.78, 5) is 26.9. The summed E-state index contributed by atoms with van der Waals surface area (Å²) in [6.07, 6.45) is 2.23. The highest BCUT2D eigenvalue weighted by molar-refractivity contribution is 5.90. The van der Waals surface area contributed by atoms with Crippen LogP contribution < -0.4 is 10.2 Å². The largest absolute Gasteiger partial charge is 0.362 e. The Hall–Kier alpha value is -3.93. The van der Waals surface area contributed by atoms with E-state index in [0.29, 0.717) is 12.4 Å². The number of carbonyl (C=O) groups excluding carboxylic acids is 1. The molecule has 0 atom stereocenters. The first-order valence-corrected chi connectivity index (χ1v) is 12.7. The summed E-state index contributed by atoms with van der Waals surface area (Å²) in [6.45, 7) is 1.47. The Balaban J connectivity index is 1.24. The van der Waals surface area contributed by atoms with Crippen molar-refractivity contribution in [2.45, 2.75) is 31.2 Å². The summed E-state index contributed by atoms with van der Waals surface area (Å²) in [6, 6.07) is 29.0. The first-order valence-electron chi connectivity index (χ1n) is 12.7. The maximum Gasteiger partial charge on any atom is 0.225 e. The minimum atomic E-state index is 0.0613. The van der Waals surface area contributed by atoms with Crippen molar-refractivity contribution in [3.63, 3.8) is 0 Å². The van der Waals surface area contributed by atoms with E-state index < -0.39 is 0 Å². The molecule has 0 spiro atoms. The van der Waals surface area contributed by atoms with Crippen LogP contribution in [0.4, 0.5) is 11.8 Å². The molecular formula is C30H33N5O. The van der Waals surface area contributed by atoms with E-state index in [0.717, 1.165) is 42.7 Å². The Kier molecular flexibility index (Phi) is 7.12. The van der Waals surface area contributed by atoms with E-state index in [9.17, 15) is 4.79 Å². The van der Waals surface area contributed by atoms with E-state index in [4.69, 9.17) is 9.97 Å². The van der Waals surface area contributed by atoms with E-state index in [-0.39, 0.29) is 17.9 Å². The molecule has 0 aliphatic carbocycles. The minimum absolute atomic E-state index is 0.0613. The zero-order valence-corrected chi connectivity index (χ0v) is 21.0. The molecule has 184 valence electrons. The molecule has 6 heteroatoms. The SMILES string of the molecule is CN(C)c1nc(NC2CCN(C(=O)CC(c3ccccc3)c3ccccc3)CC2)nc2ccccc12. The van der Waals surface area contributed by atoms with Crippen LogP contribution in [0, 0.1) is 0 Å². The van der Waals surface area contributed by atoms with Crippen molar-refractivity contribution < 1.29 is 4.79 Å². The van der Waals surface area contributed by atoms with Crippen LogP contribution in [0.1, 0.15) is 36.3 Å². The van der Waals surface area contributed by atoms with Crippen LogP contribution >= 0.6 is 0 Å². The van der Waals surface area contributed by atoms with Crippen molar-refractivity contribution in [2.75, 3.05) is 37.4 Å². The van der Waals surface area contributed by atoms with Gasteiger partial charge in [0.1, 0.15) is 5.82 Å². The predicted octanol–water partition coefficient (Wildman–Crippen LogP) is 5.32. The molecule has 1 amide bonds. The quantitative estimate of drug-likeness (QED) is 0.389. The third kappa shape index (κ3) is 5.33. The number of nitrogens with one attached hydrogen (secondary N) is 1. The van der Waals surface area contributed by atoms with E-state index in [2.05, 4.69) is 35.6 Å². The van der Waals surface area contributed by atoms with E-state index in [1.165, 1.54) is 11.1 Å². The van der Waals surface area contributed by atoms with Crippen molar-refractivity contribution in [2.24, 2.45) is 0 Å². The third-order valence-electron chi connectivity index (χ3n) is 6.97. The van der Waals surface area contributed by atoms with Gasteiger partial charge in [0, 0.05) is 51.0 Å². The van der Waals surface area contributed by atoms with Crippen molar-refractivity contribution in [1.82, 2.24) is 14.9 Å². The molecule has 1 aromatic heterocycles. The lowest BCUT2D eigenvalue weighted by atomic mass is 9.88. The molecule has 0 radical (unpaired) electrons. The summed E-state index contributed by atoms with van der Waals surface area (Å²) < 4.78 is 0. The van der Waals surface area contributed by atoms with Crippen molar-refractivity contribution in [3.8, 4) is 0 Å². The average Bonchev–Trinajstić information content (AvgIpc) is 2.92. The number of aromatic nitrogens is 2. The van der Waals surface area contributed by atoms with Gasteiger partial charge in [-0.1, -0.05) is 72.8 Å². The van der Waals surface area contributed by atoms with Gasteiger partial charge in [0.2, 0.25) is 11.9 Å². The van der Waals surface area contributed by atoms with Gasteiger partial charge in [0.25, 0.3) is 0 Å². The molecule has 1 aliphatic heterocycles. The van der Waals surface area contributed by atoms with Crippen LogP contribution in [0.25, 0.3) is 10.9 Å². The lowest BCUT2D eigenvalue weighted by Gasteiger charge is -2.33. The third-order valence-corrected chi connectivity index (χ3v) is 6.97. The van der Waals surface area contributed by atoms with Gasteiger partial charge >= 0.3 is 0 Å². The number of anilines is 2. The maximum absolute atomic E-state index is 13.4. The van der Waals surface area contributed by atoms with Crippen molar-refractivity contribution in [1.29, 1.82) is 0 Å². The first kappa shape index (κ1) is 23.8. The van der Waals surface area contributed by atoms with Gasteiger partial charge in [-0.05, 0) is 36.1 Å². The molecule has 1 fully saturated rings. The number of carbonyl (C=O) groups is 1. The second-order valence-electron chi connectivity index (χ2n) is 9.66. The van der Waals surface area contributed by atoms with Gasteiger partial charge in [0.05, 0.1) is 5.52 Å². The Labute approximate surface area is 213 Å². The summed E-state index contributed by atoms with van der Waals surface area (Å²) in [7, 11) is 4.00. The minimum Gasteiger partial charge on any atom is -0.362 e. The molecular weight excluding hydrogens is 446 g/mol. The molecule has 0 bridgehead atoms. The van der Waals surface area contributed by atoms with Crippen LogP contribution in [0.2, 0.25) is 0 Å². The van der Waals surface area contributed by atoms with Crippen LogP contribution in [-0.2, 0) is 4.79 Å². The molecule has 2 heterocycles. The van der Waals surface area contributed by atoms with Crippen molar-refractivity contribution >= 4 is 28.6 Å². The second kappa shape index (κ2) is 10.8. The number of amides is 1. The topological polar surface area (TPSA) is 61.4 Å². The Morgan fingerprint density at radius 2 is 1.47 bits per heavy atom. The zero-order valence-electron chi connectivity index (χ0n) is 21.0. The van der Waals surface area contributed by atoms with Gasteiger partial charge in [-0.3, -0.25) is 4.79 Å². The van der Waals surface area contributed by atoms with E-state index in [1.54, 1.807) is 0 Å². The molecule has 0 unspecified atom stereocenters.